The summed E-state index contributed by atoms with van der Waals surface area (Å²) in [7, 11) is 0. The Hall–Kier alpha value is -1.34. The van der Waals surface area contributed by atoms with Gasteiger partial charge in [0.05, 0.1) is 13.2 Å². The lowest BCUT2D eigenvalue weighted by atomic mass is 10.2. The van der Waals surface area contributed by atoms with Crippen LogP contribution in [0.25, 0.3) is 0 Å². The van der Waals surface area contributed by atoms with Crippen LogP contribution in [0.2, 0.25) is 0 Å². The van der Waals surface area contributed by atoms with Gasteiger partial charge in [0.15, 0.2) is 6.10 Å². The van der Waals surface area contributed by atoms with Crippen molar-refractivity contribution in [3.63, 3.8) is 0 Å². The van der Waals surface area contributed by atoms with E-state index >= 15 is 0 Å². The molecule has 0 bridgehead atoms. The molecule has 7 heteroatoms. The van der Waals surface area contributed by atoms with Gasteiger partial charge in [-0.25, -0.2) is 9.59 Å². The molecule has 1 atom stereocenters. The molecule has 0 fully saturated rings. The average molecular weight is 291 g/mol. The second-order valence-electron chi connectivity index (χ2n) is 5.12. The molecule has 0 aromatic heterocycles. The van der Waals surface area contributed by atoms with Crippen LogP contribution >= 0.6 is 0 Å². The number of hydrogen-bond acceptors (Lipinski definition) is 6. The number of aliphatic hydroxyl groups is 1. The highest BCUT2D eigenvalue weighted by Gasteiger charge is 2.16. The number of nitrogens with one attached hydrogen (secondary N) is 1. The van der Waals surface area contributed by atoms with Crippen molar-refractivity contribution >= 4 is 12.1 Å². The largest absolute Gasteiger partial charge is 0.464 e. The lowest BCUT2D eigenvalue weighted by Gasteiger charge is -2.19. The van der Waals surface area contributed by atoms with Crippen molar-refractivity contribution in [1.82, 2.24) is 5.32 Å². The first-order valence-corrected chi connectivity index (χ1v) is 6.65. The maximum Gasteiger partial charge on any atom is 0.407 e. The number of carbonyl (C=O) groups is 2. The zero-order chi connectivity index (χ0) is 15.6. The number of aliphatic hydroxyl groups excluding tert-OH is 1. The Kier molecular flexibility index (Phi) is 8.91. The molecule has 7 nitrogen and oxygen atoms in total. The SMILES string of the molecule is CCOC(=O)[C@@H](O)COCCCNC(=O)OC(C)(C)C. The molecule has 0 aromatic carbocycles. The zero-order valence-electron chi connectivity index (χ0n) is 12.6. The smallest absolute Gasteiger partial charge is 0.407 e. The molecule has 0 spiro atoms. The Balaban J connectivity index is 3.54. The molecular weight excluding hydrogens is 266 g/mol. The Labute approximate surface area is 119 Å². The zero-order valence-corrected chi connectivity index (χ0v) is 12.6. The lowest BCUT2D eigenvalue weighted by molar-refractivity contribution is -0.156. The average Bonchev–Trinajstić information content (AvgIpc) is 2.31. The van der Waals surface area contributed by atoms with Crippen molar-refractivity contribution in [2.75, 3.05) is 26.4 Å². The van der Waals surface area contributed by atoms with Gasteiger partial charge in [-0.05, 0) is 34.1 Å². The van der Waals surface area contributed by atoms with Crippen molar-refractivity contribution in [2.45, 2.75) is 45.8 Å². The van der Waals surface area contributed by atoms with E-state index in [9.17, 15) is 14.7 Å². The molecule has 0 aliphatic carbocycles. The molecule has 20 heavy (non-hydrogen) atoms. The monoisotopic (exact) mass is 291 g/mol. The van der Waals surface area contributed by atoms with Crippen LogP contribution < -0.4 is 5.32 Å². The van der Waals surface area contributed by atoms with Crippen LogP contribution in [0.15, 0.2) is 0 Å². The van der Waals surface area contributed by atoms with E-state index in [1.165, 1.54) is 0 Å². The summed E-state index contributed by atoms with van der Waals surface area (Å²) in [5.41, 5.74) is -0.523. The standard InChI is InChI=1S/C13H25NO6/c1-5-19-11(16)10(15)9-18-8-6-7-14-12(17)20-13(2,3)4/h10,15H,5-9H2,1-4H3,(H,14,17)/t10-/m0/s1. The minimum absolute atomic E-state index is 0.120. The van der Waals surface area contributed by atoms with Gasteiger partial charge < -0.3 is 24.6 Å². The number of hydrogen-bond donors (Lipinski definition) is 2. The molecule has 0 aromatic rings. The van der Waals surface area contributed by atoms with E-state index in [1.807, 2.05) is 0 Å². The predicted molar refractivity (Wildman–Crippen MR) is 72.3 cm³/mol. The maximum absolute atomic E-state index is 11.3. The number of esters is 1. The summed E-state index contributed by atoms with van der Waals surface area (Å²) in [6.07, 6.45) is -1.20. The van der Waals surface area contributed by atoms with Gasteiger partial charge in [0.2, 0.25) is 0 Å². The minimum atomic E-state index is -1.27. The topological polar surface area (TPSA) is 94.1 Å². The highest BCUT2D eigenvalue weighted by molar-refractivity contribution is 5.74. The molecule has 0 saturated carbocycles. The van der Waals surface area contributed by atoms with Gasteiger partial charge in [0, 0.05) is 13.2 Å². The molecule has 0 radical (unpaired) electrons. The van der Waals surface area contributed by atoms with Crippen LogP contribution in [0.4, 0.5) is 4.79 Å². The Morgan fingerprint density at radius 3 is 2.50 bits per heavy atom. The third-order valence-corrected chi connectivity index (χ3v) is 1.97. The highest BCUT2D eigenvalue weighted by atomic mass is 16.6. The summed E-state index contributed by atoms with van der Waals surface area (Å²) in [5.74, 6) is -0.695. The van der Waals surface area contributed by atoms with E-state index in [2.05, 4.69) is 10.1 Å². The van der Waals surface area contributed by atoms with E-state index in [-0.39, 0.29) is 13.2 Å². The van der Waals surface area contributed by atoms with Crippen LogP contribution in [-0.4, -0.2) is 55.2 Å². The summed E-state index contributed by atoms with van der Waals surface area (Å²) >= 11 is 0. The number of alkyl carbamates (subject to hydrolysis) is 1. The fraction of sp³-hybridized carbons (Fsp3) is 0.846. The number of ether oxygens (including phenoxy) is 3. The number of carbonyl (C=O) groups excluding carboxylic acids is 2. The summed E-state index contributed by atoms with van der Waals surface area (Å²) in [6.45, 7) is 7.82. The molecule has 1 amide bonds. The molecule has 2 N–H and O–H groups in total. The third kappa shape index (κ3) is 10.6. The van der Waals surface area contributed by atoms with Crippen molar-refractivity contribution in [3.05, 3.63) is 0 Å². The van der Waals surface area contributed by atoms with Gasteiger partial charge in [0.1, 0.15) is 5.60 Å². The molecule has 0 saturated heterocycles. The Morgan fingerprint density at radius 2 is 1.95 bits per heavy atom. The number of rotatable bonds is 8. The third-order valence-electron chi connectivity index (χ3n) is 1.97. The fourth-order valence-corrected chi connectivity index (χ4v) is 1.18. The van der Waals surface area contributed by atoms with Gasteiger partial charge in [-0.15, -0.1) is 0 Å². The second kappa shape index (κ2) is 9.55. The highest BCUT2D eigenvalue weighted by Crippen LogP contribution is 2.06. The van der Waals surface area contributed by atoms with E-state index in [4.69, 9.17) is 9.47 Å². The van der Waals surface area contributed by atoms with Crippen LogP contribution in [-0.2, 0) is 19.0 Å². The first kappa shape index (κ1) is 18.7. The van der Waals surface area contributed by atoms with Crippen LogP contribution in [0, 0.1) is 0 Å². The summed E-state index contributed by atoms with van der Waals surface area (Å²) in [6, 6.07) is 0. The maximum atomic E-state index is 11.3. The van der Waals surface area contributed by atoms with Gasteiger partial charge in [0.25, 0.3) is 0 Å². The van der Waals surface area contributed by atoms with Crippen LogP contribution in [0.5, 0.6) is 0 Å². The van der Waals surface area contributed by atoms with Crippen molar-refractivity contribution in [1.29, 1.82) is 0 Å². The van der Waals surface area contributed by atoms with E-state index < -0.39 is 23.8 Å². The second-order valence-corrected chi connectivity index (χ2v) is 5.12. The minimum Gasteiger partial charge on any atom is -0.464 e. The molecule has 0 aliphatic rings. The summed E-state index contributed by atoms with van der Waals surface area (Å²) in [4.78, 5) is 22.3. The van der Waals surface area contributed by atoms with Gasteiger partial charge >= 0.3 is 12.1 Å². The first-order chi connectivity index (χ1) is 9.26. The first-order valence-electron chi connectivity index (χ1n) is 6.65. The van der Waals surface area contributed by atoms with E-state index in [0.29, 0.717) is 19.6 Å². The van der Waals surface area contributed by atoms with Crippen molar-refractivity contribution in [3.8, 4) is 0 Å². The number of amides is 1. The van der Waals surface area contributed by atoms with Gasteiger partial charge in [-0.1, -0.05) is 0 Å². The van der Waals surface area contributed by atoms with E-state index in [0.717, 1.165) is 0 Å². The van der Waals surface area contributed by atoms with Crippen LogP contribution in [0.3, 0.4) is 0 Å². The lowest BCUT2D eigenvalue weighted by Crippen LogP contribution is -2.33. The molecule has 0 unspecified atom stereocenters. The molecule has 0 aliphatic heterocycles. The molecule has 0 heterocycles. The van der Waals surface area contributed by atoms with Crippen molar-refractivity contribution in [2.24, 2.45) is 0 Å². The summed E-state index contributed by atoms with van der Waals surface area (Å²) in [5, 5.41) is 11.9. The molecule has 0 rings (SSSR count). The van der Waals surface area contributed by atoms with Gasteiger partial charge in [-0.2, -0.15) is 0 Å². The van der Waals surface area contributed by atoms with Crippen LogP contribution in [0.1, 0.15) is 34.1 Å². The molecule has 118 valence electrons. The molecular formula is C13H25NO6. The normalized spacial score (nSPS) is 12.7. The van der Waals surface area contributed by atoms with E-state index in [1.54, 1.807) is 27.7 Å². The Bertz CT molecular complexity index is 300. The predicted octanol–water partition coefficient (Wildman–Crippen LogP) is 0.842. The van der Waals surface area contributed by atoms with Crippen molar-refractivity contribution < 1.29 is 28.9 Å². The van der Waals surface area contributed by atoms with Gasteiger partial charge in [-0.3, -0.25) is 0 Å². The fourth-order valence-electron chi connectivity index (χ4n) is 1.18. The quantitative estimate of drug-likeness (QED) is 0.508. The Morgan fingerprint density at radius 1 is 1.30 bits per heavy atom. The summed E-state index contributed by atoms with van der Waals surface area (Å²) < 4.78 is 14.8.